The van der Waals surface area contributed by atoms with Crippen molar-refractivity contribution in [2.24, 2.45) is 7.05 Å². The van der Waals surface area contributed by atoms with Crippen molar-refractivity contribution in [3.8, 4) is 22.6 Å². The zero-order chi connectivity index (χ0) is 22.7. The maximum absolute atomic E-state index is 12.5. The van der Waals surface area contributed by atoms with E-state index < -0.39 is 0 Å². The number of halogens is 1. The number of hydrogen-bond acceptors (Lipinski definition) is 5. The van der Waals surface area contributed by atoms with Gasteiger partial charge in [0.2, 0.25) is 5.91 Å². The second-order valence-corrected chi connectivity index (χ2v) is 8.66. The fraction of sp³-hybridized carbons (Fsp3) is 0.217. The highest BCUT2D eigenvalue weighted by Gasteiger charge is 2.20. The summed E-state index contributed by atoms with van der Waals surface area (Å²) in [6.45, 7) is 4.63. The Balaban J connectivity index is 1.55. The van der Waals surface area contributed by atoms with E-state index in [4.69, 9.17) is 11.6 Å². The Morgan fingerprint density at radius 2 is 1.94 bits per heavy atom. The first kappa shape index (κ1) is 22.1. The van der Waals surface area contributed by atoms with Gasteiger partial charge in [-0.15, -0.1) is 10.2 Å². The molecule has 1 amide bonds. The maximum atomic E-state index is 12.5. The highest BCUT2D eigenvalue weighted by atomic mass is 35.5. The minimum Gasteiger partial charge on any atom is -0.325 e. The van der Waals surface area contributed by atoms with Gasteiger partial charge in [-0.25, -0.2) is 0 Å². The smallest absolute Gasteiger partial charge is 0.234 e. The summed E-state index contributed by atoms with van der Waals surface area (Å²) < 4.78 is 3.78. The minimum atomic E-state index is -0.126. The molecular weight excluding hydrogens is 444 g/mol. The van der Waals surface area contributed by atoms with Crippen LogP contribution in [0.25, 0.3) is 22.6 Å². The SMILES string of the molecule is CCn1c(SCC(=O)Nc2cc(Cl)ccc2C)nnc1-c1cn(C)nc1-c1ccccc1. The topological polar surface area (TPSA) is 77.6 Å². The predicted molar refractivity (Wildman–Crippen MR) is 129 cm³/mol. The van der Waals surface area contributed by atoms with Crippen molar-refractivity contribution in [1.29, 1.82) is 0 Å². The number of benzene rings is 2. The Hall–Kier alpha value is -3.10. The van der Waals surface area contributed by atoms with Crippen molar-refractivity contribution in [2.75, 3.05) is 11.1 Å². The van der Waals surface area contributed by atoms with E-state index in [1.807, 2.05) is 68.1 Å². The third kappa shape index (κ3) is 4.71. The number of aromatic nitrogens is 5. The first-order valence-corrected chi connectivity index (χ1v) is 11.5. The van der Waals surface area contributed by atoms with Gasteiger partial charge in [-0.05, 0) is 31.5 Å². The van der Waals surface area contributed by atoms with Gasteiger partial charge in [-0.1, -0.05) is 59.8 Å². The molecule has 32 heavy (non-hydrogen) atoms. The normalized spacial score (nSPS) is 11.0. The van der Waals surface area contributed by atoms with E-state index in [-0.39, 0.29) is 11.7 Å². The molecule has 0 fully saturated rings. The molecule has 9 heteroatoms. The average Bonchev–Trinajstić information content (AvgIpc) is 3.38. The number of thioether (sulfide) groups is 1. The Labute approximate surface area is 195 Å². The molecule has 0 saturated heterocycles. The van der Waals surface area contributed by atoms with Gasteiger partial charge in [0.1, 0.15) is 5.69 Å². The lowest BCUT2D eigenvalue weighted by Crippen LogP contribution is -2.15. The van der Waals surface area contributed by atoms with Gasteiger partial charge in [0.25, 0.3) is 0 Å². The van der Waals surface area contributed by atoms with Crippen LogP contribution in [-0.2, 0) is 18.4 Å². The summed E-state index contributed by atoms with van der Waals surface area (Å²) in [5.74, 6) is 0.815. The molecule has 0 spiro atoms. The van der Waals surface area contributed by atoms with Crippen molar-refractivity contribution in [2.45, 2.75) is 25.5 Å². The largest absolute Gasteiger partial charge is 0.325 e. The van der Waals surface area contributed by atoms with Crippen LogP contribution in [0.4, 0.5) is 5.69 Å². The Morgan fingerprint density at radius 3 is 2.69 bits per heavy atom. The zero-order valence-corrected chi connectivity index (χ0v) is 19.6. The standard InChI is InChI=1S/C23H23ClN6OS/c1-4-30-22(18-13-29(3)28-21(18)16-8-6-5-7-9-16)26-27-23(30)32-14-20(31)25-19-12-17(24)11-10-15(19)2/h5-13H,4,14H2,1-3H3,(H,25,31). The van der Waals surface area contributed by atoms with E-state index in [1.54, 1.807) is 16.8 Å². The number of rotatable bonds is 7. The summed E-state index contributed by atoms with van der Waals surface area (Å²) in [5, 5.41) is 17.6. The van der Waals surface area contributed by atoms with Crippen LogP contribution in [0.5, 0.6) is 0 Å². The van der Waals surface area contributed by atoms with E-state index in [1.165, 1.54) is 11.8 Å². The van der Waals surface area contributed by atoms with E-state index in [9.17, 15) is 4.79 Å². The van der Waals surface area contributed by atoms with Crippen LogP contribution in [0.1, 0.15) is 12.5 Å². The second kappa shape index (κ2) is 9.58. The van der Waals surface area contributed by atoms with Crippen molar-refractivity contribution in [1.82, 2.24) is 24.5 Å². The number of carbonyl (C=O) groups is 1. The molecule has 7 nitrogen and oxygen atoms in total. The van der Waals surface area contributed by atoms with Crippen LogP contribution in [-0.4, -0.2) is 36.2 Å². The molecule has 0 bridgehead atoms. The molecule has 2 heterocycles. The maximum Gasteiger partial charge on any atom is 0.234 e. The van der Waals surface area contributed by atoms with Crippen LogP contribution in [0.15, 0.2) is 59.9 Å². The Kier molecular flexibility index (Phi) is 6.62. The van der Waals surface area contributed by atoms with Crippen molar-refractivity contribution < 1.29 is 4.79 Å². The van der Waals surface area contributed by atoms with Crippen LogP contribution in [0.3, 0.4) is 0 Å². The van der Waals surface area contributed by atoms with Crippen molar-refractivity contribution in [3.05, 3.63) is 65.3 Å². The predicted octanol–water partition coefficient (Wildman–Crippen LogP) is 5.06. The molecule has 0 saturated carbocycles. The van der Waals surface area contributed by atoms with Crippen LogP contribution < -0.4 is 5.32 Å². The molecule has 0 aliphatic heterocycles. The van der Waals surface area contributed by atoms with Crippen LogP contribution >= 0.6 is 23.4 Å². The lowest BCUT2D eigenvalue weighted by Gasteiger charge is -2.09. The quantitative estimate of drug-likeness (QED) is 0.385. The van der Waals surface area contributed by atoms with E-state index in [0.717, 1.165) is 28.2 Å². The molecule has 0 unspecified atom stereocenters. The molecule has 0 radical (unpaired) electrons. The summed E-state index contributed by atoms with van der Waals surface area (Å²) >= 11 is 7.40. The van der Waals surface area contributed by atoms with E-state index in [2.05, 4.69) is 20.6 Å². The number of amides is 1. The molecule has 2 aromatic heterocycles. The molecule has 4 rings (SSSR count). The number of anilines is 1. The monoisotopic (exact) mass is 466 g/mol. The highest BCUT2D eigenvalue weighted by Crippen LogP contribution is 2.32. The van der Waals surface area contributed by atoms with Gasteiger partial charge < -0.3 is 9.88 Å². The summed E-state index contributed by atoms with van der Waals surface area (Å²) in [7, 11) is 1.89. The number of carbonyl (C=O) groups excluding carboxylic acids is 1. The van der Waals surface area contributed by atoms with Crippen LogP contribution in [0, 0.1) is 6.92 Å². The second-order valence-electron chi connectivity index (χ2n) is 7.28. The first-order chi connectivity index (χ1) is 15.5. The summed E-state index contributed by atoms with van der Waals surface area (Å²) in [6.07, 6.45) is 1.95. The van der Waals surface area contributed by atoms with Gasteiger partial charge >= 0.3 is 0 Å². The summed E-state index contributed by atoms with van der Waals surface area (Å²) in [5.41, 5.74) is 4.43. The molecule has 0 aliphatic carbocycles. The van der Waals surface area contributed by atoms with Crippen LogP contribution in [0.2, 0.25) is 5.02 Å². The number of nitrogens with one attached hydrogen (secondary N) is 1. The van der Waals surface area contributed by atoms with E-state index in [0.29, 0.717) is 22.4 Å². The van der Waals surface area contributed by atoms with Gasteiger partial charge in [0.05, 0.1) is 11.3 Å². The third-order valence-electron chi connectivity index (χ3n) is 4.96. The molecule has 164 valence electrons. The first-order valence-electron chi connectivity index (χ1n) is 10.2. The molecule has 4 aromatic rings. The zero-order valence-electron chi connectivity index (χ0n) is 18.0. The van der Waals surface area contributed by atoms with Gasteiger partial charge in [-0.3, -0.25) is 9.48 Å². The average molecular weight is 467 g/mol. The van der Waals surface area contributed by atoms with Crippen molar-refractivity contribution in [3.63, 3.8) is 0 Å². The molecule has 1 N–H and O–H groups in total. The fourth-order valence-electron chi connectivity index (χ4n) is 3.39. The lowest BCUT2D eigenvalue weighted by atomic mass is 10.1. The Morgan fingerprint density at radius 1 is 1.16 bits per heavy atom. The van der Waals surface area contributed by atoms with Gasteiger partial charge in [-0.2, -0.15) is 5.10 Å². The number of hydrogen-bond donors (Lipinski definition) is 1. The molecule has 0 atom stereocenters. The fourth-order valence-corrected chi connectivity index (χ4v) is 4.36. The summed E-state index contributed by atoms with van der Waals surface area (Å²) in [4.78, 5) is 12.5. The van der Waals surface area contributed by atoms with Gasteiger partial charge in [0, 0.05) is 36.1 Å². The molecule has 2 aromatic carbocycles. The minimum absolute atomic E-state index is 0.126. The Bertz CT molecular complexity index is 1250. The molecular formula is C23H23ClN6OS. The summed E-state index contributed by atoms with van der Waals surface area (Å²) in [6, 6.07) is 15.4. The number of aryl methyl sites for hydroxylation is 2. The third-order valence-corrected chi connectivity index (χ3v) is 6.16. The molecule has 0 aliphatic rings. The van der Waals surface area contributed by atoms with Crippen molar-refractivity contribution >= 4 is 35.0 Å². The van der Waals surface area contributed by atoms with Gasteiger partial charge in [0.15, 0.2) is 11.0 Å². The van der Waals surface area contributed by atoms with E-state index >= 15 is 0 Å². The lowest BCUT2D eigenvalue weighted by molar-refractivity contribution is -0.113. The highest BCUT2D eigenvalue weighted by molar-refractivity contribution is 7.99. The number of nitrogens with zero attached hydrogens (tertiary/aromatic N) is 5.